The molecule has 0 radical (unpaired) electrons. The van der Waals surface area contributed by atoms with Crippen LogP contribution in [0.1, 0.15) is 10.4 Å². The fraction of sp³-hybridized carbons (Fsp3) is 0.167. The first kappa shape index (κ1) is 11.3. The van der Waals surface area contributed by atoms with Crippen molar-refractivity contribution in [3.8, 4) is 5.75 Å². The molecule has 5 heteroatoms. The van der Waals surface area contributed by atoms with Crippen molar-refractivity contribution in [1.82, 2.24) is 9.78 Å². The van der Waals surface area contributed by atoms with Gasteiger partial charge >= 0.3 is 0 Å². The number of aromatic nitrogens is 2. The van der Waals surface area contributed by atoms with Crippen molar-refractivity contribution in [3.63, 3.8) is 0 Å². The number of ketones is 1. The molecule has 0 amide bonds. The zero-order chi connectivity index (χ0) is 12.3. The van der Waals surface area contributed by atoms with Crippen LogP contribution < -0.4 is 4.74 Å². The highest BCUT2D eigenvalue weighted by Crippen LogP contribution is 2.18. The summed E-state index contributed by atoms with van der Waals surface area (Å²) in [5.41, 5.74) is 0.304. The molecule has 0 aliphatic carbocycles. The third-order valence-corrected chi connectivity index (χ3v) is 2.34. The second-order valence-corrected chi connectivity index (χ2v) is 3.48. The Kier molecular flexibility index (Phi) is 3.18. The topological polar surface area (TPSA) is 44.1 Å². The summed E-state index contributed by atoms with van der Waals surface area (Å²) in [5.74, 6) is -0.616. The van der Waals surface area contributed by atoms with Crippen LogP contribution in [0.15, 0.2) is 36.7 Å². The van der Waals surface area contributed by atoms with Crippen molar-refractivity contribution in [2.75, 3.05) is 7.11 Å². The van der Waals surface area contributed by atoms with E-state index in [1.165, 1.54) is 30.0 Å². The van der Waals surface area contributed by atoms with E-state index in [2.05, 4.69) is 5.10 Å². The average molecular weight is 234 g/mol. The van der Waals surface area contributed by atoms with Gasteiger partial charge in [-0.1, -0.05) is 0 Å². The Hall–Kier alpha value is -2.17. The summed E-state index contributed by atoms with van der Waals surface area (Å²) in [5, 5.41) is 3.92. The van der Waals surface area contributed by atoms with Crippen LogP contribution in [0.25, 0.3) is 0 Å². The van der Waals surface area contributed by atoms with Crippen LogP contribution in [0, 0.1) is 5.82 Å². The number of methoxy groups -OCH3 is 1. The number of carbonyl (C=O) groups excluding carboxylic acids is 1. The van der Waals surface area contributed by atoms with Crippen LogP contribution >= 0.6 is 0 Å². The van der Waals surface area contributed by atoms with Gasteiger partial charge in [0.1, 0.15) is 6.54 Å². The molecule has 1 aromatic carbocycles. The summed E-state index contributed by atoms with van der Waals surface area (Å²) < 4.78 is 19.7. The van der Waals surface area contributed by atoms with Crippen molar-refractivity contribution in [2.24, 2.45) is 0 Å². The molecule has 1 heterocycles. The number of carbonyl (C=O) groups is 1. The Morgan fingerprint density at radius 1 is 1.53 bits per heavy atom. The van der Waals surface area contributed by atoms with Crippen LogP contribution in [-0.2, 0) is 6.54 Å². The smallest absolute Gasteiger partial charge is 0.184 e. The molecular weight excluding hydrogens is 223 g/mol. The Bertz CT molecular complexity index is 523. The quantitative estimate of drug-likeness (QED) is 0.759. The molecule has 1 aromatic heterocycles. The number of hydrogen-bond acceptors (Lipinski definition) is 3. The van der Waals surface area contributed by atoms with E-state index < -0.39 is 5.82 Å². The molecule has 4 nitrogen and oxygen atoms in total. The van der Waals surface area contributed by atoms with Gasteiger partial charge in [-0.2, -0.15) is 5.10 Å². The van der Waals surface area contributed by atoms with Gasteiger partial charge in [0.15, 0.2) is 17.3 Å². The number of Topliss-reactive ketones (excluding diaryl/α,β-unsaturated/α-hetero) is 1. The average Bonchev–Trinajstić information content (AvgIpc) is 2.81. The van der Waals surface area contributed by atoms with Gasteiger partial charge in [-0.05, 0) is 24.3 Å². The maximum atomic E-state index is 13.4. The standard InChI is InChI=1S/C12H11FN2O2/c1-17-12-4-3-9(7-10(12)13)11(16)8-15-6-2-5-14-15/h2-7H,8H2,1H3. The highest BCUT2D eigenvalue weighted by Gasteiger charge is 2.10. The predicted octanol–water partition coefficient (Wildman–Crippen LogP) is 1.91. The zero-order valence-corrected chi connectivity index (χ0v) is 9.26. The molecule has 0 atom stereocenters. The molecule has 0 saturated heterocycles. The van der Waals surface area contributed by atoms with Crippen LogP contribution in [0.4, 0.5) is 4.39 Å². The maximum Gasteiger partial charge on any atom is 0.184 e. The Labute approximate surface area is 97.6 Å². The first-order valence-electron chi connectivity index (χ1n) is 5.05. The lowest BCUT2D eigenvalue weighted by Gasteiger charge is -2.04. The van der Waals surface area contributed by atoms with Gasteiger partial charge in [0.05, 0.1) is 7.11 Å². The number of halogens is 1. The molecule has 0 spiro atoms. The number of hydrogen-bond donors (Lipinski definition) is 0. The molecular formula is C12H11FN2O2. The minimum atomic E-state index is -0.543. The first-order chi connectivity index (χ1) is 8.20. The maximum absolute atomic E-state index is 13.4. The van der Waals surface area contributed by atoms with E-state index in [1.807, 2.05) is 0 Å². The summed E-state index contributed by atoms with van der Waals surface area (Å²) in [6.07, 6.45) is 3.26. The molecule has 88 valence electrons. The summed E-state index contributed by atoms with van der Waals surface area (Å²) >= 11 is 0. The van der Waals surface area contributed by atoms with Gasteiger partial charge in [0.25, 0.3) is 0 Å². The molecule has 0 aliphatic rings. The summed E-state index contributed by atoms with van der Waals surface area (Å²) in [4.78, 5) is 11.8. The second-order valence-electron chi connectivity index (χ2n) is 3.48. The molecule has 0 saturated carbocycles. The Morgan fingerprint density at radius 3 is 2.94 bits per heavy atom. The number of nitrogens with zero attached hydrogens (tertiary/aromatic N) is 2. The molecule has 2 aromatic rings. The summed E-state index contributed by atoms with van der Waals surface area (Å²) in [7, 11) is 1.38. The SMILES string of the molecule is COc1ccc(C(=O)Cn2cccn2)cc1F. The normalized spacial score (nSPS) is 10.2. The van der Waals surface area contributed by atoms with E-state index in [0.717, 1.165) is 0 Å². The van der Waals surface area contributed by atoms with Crippen molar-refractivity contribution < 1.29 is 13.9 Å². The van der Waals surface area contributed by atoms with Gasteiger partial charge in [0.2, 0.25) is 0 Å². The van der Waals surface area contributed by atoms with Gasteiger partial charge in [-0.3, -0.25) is 9.48 Å². The predicted molar refractivity (Wildman–Crippen MR) is 59.5 cm³/mol. The van der Waals surface area contributed by atoms with Gasteiger partial charge in [0, 0.05) is 18.0 Å². The van der Waals surface area contributed by atoms with Crippen molar-refractivity contribution in [2.45, 2.75) is 6.54 Å². The van der Waals surface area contributed by atoms with Crippen LogP contribution in [0.2, 0.25) is 0 Å². The van der Waals surface area contributed by atoms with Crippen LogP contribution in [0.5, 0.6) is 5.75 Å². The lowest BCUT2D eigenvalue weighted by Crippen LogP contribution is -2.11. The summed E-state index contributed by atoms with van der Waals surface area (Å²) in [6.45, 7) is 0.0960. The van der Waals surface area contributed by atoms with E-state index in [1.54, 1.807) is 18.5 Å². The molecule has 0 N–H and O–H groups in total. The third kappa shape index (κ3) is 2.50. The molecule has 0 unspecified atom stereocenters. The third-order valence-electron chi connectivity index (χ3n) is 2.34. The van der Waals surface area contributed by atoms with E-state index in [9.17, 15) is 9.18 Å². The van der Waals surface area contributed by atoms with Crippen molar-refractivity contribution in [1.29, 1.82) is 0 Å². The molecule has 2 rings (SSSR count). The lowest BCUT2D eigenvalue weighted by atomic mass is 10.1. The molecule has 17 heavy (non-hydrogen) atoms. The number of ether oxygens (including phenoxy) is 1. The Balaban J connectivity index is 2.17. The van der Waals surface area contributed by atoms with E-state index in [0.29, 0.717) is 5.56 Å². The Morgan fingerprint density at radius 2 is 2.35 bits per heavy atom. The molecule has 0 fully saturated rings. The first-order valence-corrected chi connectivity index (χ1v) is 5.05. The van der Waals surface area contributed by atoms with Crippen LogP contribution in [0.3, 0.4) is 0 Å². The van der Waals surface area contributed by atoms with Gasteiger partial charge < -0.3 is 4.74 Å². The minimum absolute atomic E-state index is 0.0960. The molecule has 0 aliphatic heterocycles. The largest absolute Gasteiger partial charge is 0.494 e. The van der Waals surface area contributed by atoms with Gasteiger partial charge in [-0.15, -0.1) is 0 Å². The second kappa shape index (κ2) is 4.78. The zero-order valence-electron chi connectivity index (χ0n) is 9.26. The monoisotopic (exact) mass is 234 g/mol. The highest BCUT2D eigenvalue weighted by molar-refractivity contribution is 5.95. The van der Waals surface area contributed by atoms with Crippen molar-refractivity contribution >= 4 is 5.78 Å². The minimum Gasteiger partial charge on any atom is -0.494 e. The number of rotatable bonds is 4. The fourth-order valence-corrected chi connectivity index (χ4v) is 1.47. The highest BCUT2D eigenvalue weighted by atomic mass is 19.1. The lowest BCUT2D eigenvalue weighted by molar-refractivity contribution is 0.0967. The molecule has 0 bridgehead atoms. The summed E-state index contributed by atoms with van der Waals surface area (Å²) in [6, 6.07) is 5.87. The fourth-order valence-electron chi connectivity index (χ4n) is 1.47. The van der Waals surface area contributed by atoms with Crippen LogP contribution in [-0.4, -0.2) is 22.7 Å². The van der Waals surface area contributed by atoms with Crippen molar-refractivity contribution in [3.05, 3.63) is 48.0 Å². The van der Waals surface area contributed by atoms with E-state index in [-0.39, 0.29) is 18.1 Å². The van der Waals surface area contributed by atoms with Gasteiger partial charge in [-0.25, -0.2) is 4.39 Å². The number of benzene rings is 1. The van der Waals surface area contributed by atoms with E-state index in [4.69, 9.17) is 4.74 Å². The van der Waals surface area contributed by atoms with E-state index >= 15 is 0 Å².